The largest absolute Gasteiger partial charge is 0.466 e. The maximum absolute atomic E-state index is 13.1. The number of benzene rings is 1. The lowest BCUT2D eigenvalue weighted by atomic mass is 9.83. The van der Waals surface area contributed by atoms with Crippen molar-refractivity contribution in [1.29, 1.82) is 0 Å². The number of aromatic nitrogens is 3. The summed E-state index contributed by atoms with van der Waals surface area (Å²) < 4.78 is 45.2. The average molecular weight is 405 g/mol. The summed E-state index contributed by atoms with van der Waals surface area (Å²) in [6.45, 7) is 2.89. The SMILES string of the molecule is CCOC(=O)C1C(c2ccc(Cl)cc2)n2nc(C(F)(F)F)nc2NC1(C)O. The molecular weight excluding hydrogens is 389 g/mol. The molecule has 0 bridgehead atoms. The number of esters is 1. The lowest BCUT2D eigenvalue weighted by Gasteiger charge is -2.41. The van der Waals surface area contributed by atoms with Gasteiger partial charge in [0.05, 0.1) is 12.6 Å². The Morgan fingerprint density at radius 1 is 1.41 bits per heavy atom. The van der Waals surface area contributed by atoms with Gasteiger partial charge in [-0.05, 0) is 31.5 Å². The number of hydrogen-bond acceptors (Lipinski definition) is 6. The molecule has 2 aromatic rings. The van der Waals surface area contributed by atoms with Crippen LogP contribution in [0.2, 0.25) is 5.02 Å². The molecule has 0 aliphatic carbocycles. The standard InChI is InChI=1S/C16H16ClF3N4O3/c1-3-27-12(25)10-11(8-4-6-9(17)7-5-8)24-14(22-15(10,2)26)21-13(23-24)16(18,19)20/h4-7,10-11,26H,3H2,1-2H3,(H,21,22,23). The Hall–Kier alpha value is -2.33. The molecule has 1 aliphatic heterocycles. The lowest BCUT2D eigenvalue weighted by Crippen LogP contribution is -2.55. The first-order chi connectivity index (χ1) is 12.5. The van der Waals surface area contributed by atoms with Crippen LogP contribution in [-0.4, -0.2) is 38.2 Å². The molecule has 27 heavy (non-hydrogen) atoms. The lowest BCUT2D eigenvalue weighted by molar-refractivity contribution is -0.159. The van der Waals surface area contributed by atoms with Crippen LogP contribution in [0, 0.1) is 5.92 Å². The van der Waals surface area contributed by atoms with Crippen molar-refractivity contribution in [3.63, 3.8) is 0 Å². The minimum atomic E-state index is -4.79. The third-order valence-corrected chi connectivity index (χ3v) is 4.44. The number of alkyl halides is 3. The predicted octanol–water partition coefficient (Wildman–Crippen LogP) is 2.85. The Bertz CT molecular complexity index is 852. The summed E-state index contributed by atoms with van der Waals surface area (Å²) in [6.07, 6.45) is -4.79. The van der Waals surface area contributed by atoms with Gasteiger partial charge in [-0.3, -0.25) is 4.79 Å². The van der Waals surface area contributed by atoms with Crippen molar-refractivity contribution in [3.8, 4) is 0 Å². The monoisotopic (exact) mass is 404 g/mol. The summed E-state index contributed by atoms with van der Waals surface area (Å²) in [4.78, 5) is 16.0. The van der Waals surface area contributed by atoms with Crippen molar-refractivity contribution < 1.29 is 27.8 Å². The zero-order valence-corrected chi connectivity index (χ0v) is 15.0. The number of nitrogens with one attached hydrogen (secondary N) is 1. The van der Waals surface area contributed by atoms with Crippen molar-refractivity contribution in [1.82, 2.24) is 14.8 Å². The normalized spacial score (nSPS) is 24.9. The van der Waals surface area contributed by atoms with E-state index in [4.69, 9.17) is 16.3 Å². The van der Waals surface area contributed by atoms with Crippen LogP contribution >= 0.6 is 11.6 Å². The maximum atomic E-state index is 13.1. The zero-order valence-electron chi connectivity index (χ0n) is 14.3. The van der Waals surface area contributed by atoms with Crippen LogP contribution in [0.4, 0.5) is 19.1 Å². The van der Waals surface area contributed by atoms with E-state index in [1.54, 1.807) is 19.1 Å². The van der Waals surface area contributed by atoms with Crippen LogP contribution in [0.15, 0.2) is 24.3 Å². The predicted molar refractivity (Wildman–Crippen MR) is 89.0 cm³/mol. The molecule has 146 valence electrons. The molecule has 0 fully saturated rings. The molecule has 0 saturated heterocycles. The van der Waals surface area contributed by atoms with E-state index in [-0.39, 0.29) is 12.6 Å². The highest BCUT2D eigenvalue weighted by Gasteiger charge is 2.52. The molecule has 11 heteroatoms. The minimum Gasteiger partial charge on any atom is -0.466 e. The van der Waals surface area contributed by atoms with Crippen LogP contribution < -0.4 is 5.32 Å². The molecule has 3 atom stereocenters. The maximum Gasteiger partial charge on any atom is 0.453 e. The Labute approximate surface area is 157 Å². The van der Waals surface area contributed by atoms with Gasteiger partial charge in [0, 0.05) is 5.02 Å². The van der Waals surface area contributed by atoms with Gasteiger partial charge in [-0.15, -0.1) is 5.10 Å². The molecule has 3 rings (SSSR count). The number of carbonyl (C=O) groups is 1. The summed E-state index contributed by atoms with van der Waals surface area (Å²) in [5, 5.41) is 17.2. The second-order valence-electron chi connectivity index (χ2n) is 6.20. The van der Waals surface area contributed by atoms with Gasteiger partial charge in [0.2, 0.25) is 5.95 Å². The van der Waals surface area contributed by atoms with E-state index < -0.39 is 35.7 Å². The molecule has 1 aliphatic rings. The highest BCUT2D eigenvalue weighted by Crippen LogP contribution is 2.42. The summed E-state index contributed by atoms with van der Waals surface area (Å²) in [5.41, 5.74) is -1.51. The summed E-state index contributed by atoms with van der Waals surface area (Å²) >= 11 is 5.88. The number of anilines is 1. The summed E-state index contributed by atoms with van der Waals surface area (Å²) in [7, 11) is 0. The summed E-state index contributed by atoms with van der Waals surface area (Å²) in [6, 6.07) is 5.05. The van der Waals surface area contributed by atoms with Gasteiger partial charge in [0.15, 0.2) is 5.72 Å². The van der Waals surface area contributed by atoms with Crippen molar-refractivity contribution in [2.75, 3.05) is 11.9 Å². The number of hydrogen-bond donors (Lipinski definition) is 2. The van der Waals surface area contributed by atoms with Gasteiger partial charge in [-0.2, -0.15) is 18.2 Å². The van der Waals surface area contributed by atoms with E-state index in [0.717, 1.165) is 4.68 Å². The molecule has 2 heterocycles. The molecule has 1 aromatic carbocycles. The van der Waals surface area contributed by atoms with Crippen LogP contribution in [0.25, 0.3) is 0 Å². The number of rotatable bonds is 3. The highest BCUT2D eigenvalue weighted by atomic mass is 35.5. The second-order valence-corrected chi connectivity index (χ2v) is 6.64. The van der Waals surface area contributed by atoms with Gasteiger partial charge in [-0.25, -0.2) is 4.68 Å². The first-order valence-corrected chi connectivity index (χ1v) is 8.38. The molecule has 0 radical (unpaired) electrons. The molecular formula is C16H16ClF3N4O3. The van der Waals surface area contributed by atoms with Gasteiger partial charge in [0.1, 0.15) is 5.92 Å². The van der Waals surface area contributed by atoms with E-state index >= 15 is 0 Å². The number of nitrogens with zero attached hydrogens (tertiary/aromatic N) is 3. The Morgan fingerprint density at radius 2 is 2.04 bits per heavy atom. The first kappa shape index (κ1) is 19.4. The van der Waals surface area contributed by atoms with E-state index in [9.17, 15) is 23.1 Å². The van der Waals surface area contributed by atoms with Crippen LogP contribution in [0.1, 0.15) is 31.3 Å². The van der Waals surface area contributed by atoms with Crippen LogP contribution in [-0.2, 0) is 15.7 Å². The molecule has 0 saturated carbocycles. The van der Waals surface area contributed by atoms with Crippen molar-refractivity contribution in [3.05, 3.63) is 40.7 Å². The molecule has 0 amide bonds. The number of fused-ring (bicyclic) bond motifs is 1. The Kier molecular flexibility index (Phi) is 4.81. The Balaban J connectivity index is 2.20. The fourth-order valence-electron chi connectivity index (χ4n) is 3.06. The number of carbonyl (C=O) groups excluding carboxylic acids is 1. The fraction of sp³-hybridized carbons (Fsp3) is 0.438. The third kappa shape index (κ3) is 3.59. The van der Waals surface area contributed by atoms with Gasteiger partial charge in [0.25, 0.3) is 5.82 Å². The van der Waals surface area contributed by atoms with E-state index in [0.29, 0.717) is 10.6 Å². The second kappa shape index (κ2) is 6.68. The summed E-state index contributed by atoms with van der Waals surface area (Å²) in [5.74, 6) is -3.77. The fourth-order valence-corrected chi connectivity index (χ4v) is 3.19. The third-order valence-electron chi connectivity index (χ3n) is 4.19. The highest BCUT2D eigenvalue weighted by molar-refractivity contribution is 6.30. The van der Waals surface area contributed by atoms with Gasteiger partial charge >= 0.3 is 12.1 Å². The Morgan fingerprint density at radius 3 is 2.59 bits per heavy atom. The number of ether oxygens (including phenoxy) is 1. The molecule has 7 nitrogen and oxygen atoms in total. The first-order valence-electron chi connectivity index (χ1n) is 8.01. The van der Waals surface area contributed by atoms with E-state index in [2.05, 4.69) is 15.4 Å². The van der Waals surface area contributed by atoms with E-state index in [1.165, 1.54) is 19.1 Å². The molecule has 0 spiro atoms. The van der Waals surface area contributed by atoms with Gasteiger partial charge in [-0.1, -0.05) is 23.7 Å². The molecule has 1 aromatic heterocycles. The van der Waals surface area contributed by atoms with E-state index in [1.807, 2.05) is 0 Å². The molecule has 3 unspecified atom stereocenters. The number of halogens is 4. The smallest absolute Gasteiger partial charge is 0.453 e. The zero-order chi connectivity index (χ0) is 20.0. The average Bonchev–Trinajstić information content (AvgIpc) is 2.97. The van der Waals surface area contributed by atoms with Crippen LogP contribution in [0.3, 0.4) is 0 Å². The van der Waals surface area contributed by atoms with Gasteiger partial charge < -0.3 is 15.2 Å². The molecule has 2 N–H and O–H groups in total. The quantitative estimate of drug-likeness (QED) is 0.765. The van der Waals surface area contributed by atoms with Crippen molar-refractivity contribution in [2.24, 2.45) is 5.92 Å². The van der Waals surface area contributed by atoms with Crippen molar-refractivity contribution in [2.45, 2.75) is 31.8 Å². The van der Waals surface area contributed by atoms with Crippen LogP contribution in [0.5, 0.6) is 0 Å². The minimum absolute atomic E-state index is 0.0385. The topological polar surface area (TPSA) is 89.3 Å². The number of aliphatic hydroxyl groups is 1. The van der Waals surface area contributed by atoms with Crippen molar-refractivity contribution >= 4 is 23.5 Å².